The minimum atomic E-state index is 0.161. The predicted molar refractivity (Wildman–Crippen MR) is 109 cm³/mol. The summed E-state index contributed by atoms with van der Waals surface area (Å²) >= 11 is 6.75. The van der Waals surface area contributed by atoms with Crippen LogP contribution < -0.4 is 0 Å². The summed E-state index contributed by atoms with van der Waals surface area (Å²) in [6.07, 6.45) is 3.54. The lowest BCUT2D eigenvalue weighted by atomic mass is 10.1. The summed E-state index contributed by atoms with van der Waals surface area (Å²) in [6.45, 7) is 0. The van der Waals surface area contributed by atoms with Crippen LogP contribution in [0.2, 0.25) is 0 Å². The molecule has 0 spiro atoms. The molecule has 7 heteroatoms. The van der Waals surface area contributed by atoms with E-state index in [2.05, 4.69) is 46.8 Å². The highest BCUT2D eigenvalue weighted by Gasteiger charge is 2.16. The molecule has 0 aliphatic heterocycles. The number of imidazole rings is 1. The molecule has 5 aromatic rings. The number of rotatable bonds is 1. The number of benzene rings is 2. The van der Waals surface area contributed by atoms with Gasteiger partial charge in [0.05, 0.1) is 31.0 Å². The summed E-state index contributed by atoms with van der Waals surface area (Å²) in [6, 6.07) is 11.5. The Morgan fingerprint density at radius 1 is 0.846 bits per heavy atom. The Morgan fingerprint density at radius 2 is 1.46 bits per heavy atom. The lowest BCUT2D eigenvalue weighted by molar-refractivity contribution is 0.468. The average molecular weight is 470 g/mol. The Bertz CT molecular complexity index is 1230. The van der Waals surface area contributed by atoms with Crippen LogP contribution in [0.3, 0.4) is 0 Å². The standard InChI is InChI=1S/C19H10Br2N4O/c20-12-7-9(8-13(21)18(12)26)19-24-16-10-3-1-5-22-14(10)15-11(17(16)25-19)4-2-6-23-15/h1-8,26H,(H,24,25). The number of phenolic OH excluding ortho intramolecular Hbond substituents is 1. The number of aromatic hydroxyl groups is 1. The molecular formula is C19H10Br2N4O. The van der Waals surface area contributed by atoms with Crippen molar-refractivity contribution in [3.8, 4) is 17.1 Å². The van der Waals surface area contributed by atoms with Gasteiger partial charge < -0.3 is 10.1 Å². The number of H-pyrrole nitrogens is 1. The molecular weight excluding hydrogens is 460 g/mol. The molecule has 2 N–H and O–H groups in total. The summed E-state index contributed by atoms with van der Waals surface area (Å²) < 4.78 is 1.20. The number of phenols is 1. The molecule has 0 aliphatic carbocycles. The van der Waals surface area contributed by atoms with E-state index in [4.69, 9.17) is 4.98 Å². The van der Waals surface area contributed by atoms with Crippen molar-refractivity contribution < 1.29 is 5.11 Å². The van der Waals surface area contributed by atoms with E-state index in [1.807, 2.05) is 36.4 Å². The van der Waals surface area contributed by atoms with Gasteiger partial charge in [0.15, 0.2) is 0 Å². The average Bonchev–Trinajstić information content (AvgIpc) is 3.12. The third-order valence-electron chi connectivity index (χ3n) is 4.36. The number of hydrogen-bond donors (Lipinski definition) is 2. The van der Waals surface area contributed by atoms with E-state index in [1.54, 1.807) is 12.4 Å². The minimum absolute atomic E-state index is 0.161. The summed E-state index contributed by atoms with van der Waals surface area (Å²) in [7, 11) is 0. The van der Waals surface area contributed by atoms with Gasteiger partial charge in [0, 0.05) is 28.7 Å². The number of nitrogens with one attached hydrogen (secondary N) is 1. The largest absolute Gasteiger partial charge is 0.506 e. The third-order valence-corrected chi connectivity index (χ3v) is 5.57. The van der Waals surface area contributed by atoms with Crippen molar-refractivity contribution in [2.45, 2.75) is 0 Å². The van der Waals surface area contributed by atoms with E-state index in [0.29, 0.717) is 14.8 Å². The number of aromatic amines is 1. The molecule has 5 rings (SSSR count). The zero-order chi connectivity index (χ0) is 17.8. The molecule has 0 unspecified atom stereocenters. The first kappa shape index (κ1) is 15.7. The fourth-order valence-corrected chi connectivity index (χ4v) is 4.37. The Labute approximate surface area is 164 Å². The maximum atomic E-state index is 9.96. The van der Waals surface area contributed by atoms with Crippen LogP contribution in [0.4, 0.5) is 0 Å². The van der Waals surface area contributed by atoms with Gasteiger partial charge in [-0.3, -0.25) is 9.97 Å². The van der Waals surface area contributed by atoms with Gasteiger partial charge in [-0.25, -0.2) is 4.98 Å². The van der Waals surface area contributed by atoms with Crippen molar-refractivity contribution in [1.82, 2.24) is 19.9 Å². The summed E-state index contributed by atoms with van der Waals surface area (Å²) in [5, 5.41) is 11.9. The Balaban J connectivity index is 1.91. The van der Waals surface area contributed by atoms with Crippen LogP contribution in [0.15, 0.2) is 57.7 Å². The minimum Gasteiger partial charge on any atom is -0.506 e. The van der Waals surface area contributed by atoms with Crippen LogP contribution in [-0.2, 0) is 0 Å². The lowest BCUT2D eigenvalue weighted by Crippen LogP contribution is -1.86. The van der Waals surface area contributed by atoms with Gasteiger partial charge in [-0.05, 0) is 68.3 Å². The first-order valence-electron chi connectivity index (χ1n) is 7.83. The van der Waals surface area contributed by atoms with Gasteiger partial charge >= 0.3 is 0 Å². The number of nitrogens with zero attached hydrogens (tertiary/aromatic N) is 3. The molecule has 3 aromatic heterocycles. The Kier molecular flexibility index (Phi) is 3.48. The quantitative estimate of drug-likeness (QED) is 0.315. The van der Waals surface area contributed by atoms with Gasteiger partial charge in [0.25, 0.3) is 0 Å². The highest BCUT2D eigenvalue weighted by molar-refractivity contribution is 9.11. The van der Waals surface area contributed by atoms with Crippen LogP contribution in [0, 0.1) is 0 Å². The SMILES string of the molecule is Oc1c(Br)cc(-c2nc3c4cccnc4c4ncccc4c3[nH]2)cc1Br. The van der Waals surface area contributed by atoms with Crippen molar-refractivity contribution in [2.24, 2.45) is 0 Å². The van der Waals surface area contributed by atoms with Crippen LogP contribution in [0.1, 0.15) is 0 Å². The molecule has 3 heterocycles. The van der Waals surface area contributed by atoms with Gasteiger partial charge in [0.2, 0.25) is 0 Å². The van der Waals surface area contributed by atoms with E-state index in [9.17, 15) is 5.11 Å². The van der Waals surface area contributed by atoms with Crippen molar-refractivity contribution in [1.29, 1.82) is 0 Å². The summed E-state index contributed by atoms with van der Waals surface area (Å²) in [4.78, 5) is 17.3. The maximum absolute atomic E-state index is 9.96. The van der Waals surface area contributed by atoms with E-state index >= 15 is 0 Å². The molecule has 0 saturated heterocycles. The fourth-order valence-electron chi connectivity index (χ4n) is 3.18. The zero-order valence-corrected chi connectivity index (χ0v) is 16.3. The Morgan fingerprint density at radius 3 is 2.15 bits per heavy atom. The topological polar surface area (TPSA) is 74.7 Å². The monoisotopic (exact) mass is 468 g/mol. The van der Waals surface area contributed by atoms with E-state index in [0.717, 1.165) is 38.4 Å². The molecule has 2 aromatic carbocycles. The van der Waals surface area contributed by atoms with Crippen LogP contribution in [0.5, 0.6) is 5.75 Å². The zero-order valence-electron chi connectivity index (χ0n) is 13.2. The van der Waals surface area contributed by atoms with E-state index < -0.39 is 0 Å². The predicted octanol–water partition coefficient (Wildman–Crippen LogP) is 5.56. The first-order chi connectivity index (χ1) is 12.6. The molecule has 0 atom stereocenters. The van der Waals surface area contributed by atoms with Crippen molar-refractivity contribution >= 4 is 64.7 Å². The van der Waals surface area contributed by atoms with Gasteiger partial charge in [-0.15, -0.1) is 0 Å². The number of hydrogen-bond acceptors (Lipinski definition) is 4. The highest BCUT2D eigenvalue weighted by atomic mass is 79.9. The van der Waals surface area contributed by atoms with Crippen LogP contribution in [0.25, 0.3) is 44.2 Å². The number of pyridine rings is 2. The summed E-state index contributed by atoms with van der Waals surface area (Å²) in [5.74, 6) is 0.872. The maximum Gasteiger partial charge on any atom is 0.143 e. The molecule has 126 valence electrons. The second-order valence-corrected chi connectivity index (χ2v) is 7.61. The van der Waals surface area contributed by atoms with Crippen LogP contribution >= 0.6 is 31.9 Å². The molecule has 0 radical (unpaired) electrons. The van der Waals surface area contributed by atoms with Crippen LogP contribution in [-0.4, -0.2) is 25.0 Å². The molecule has 0 saturated carbocycles. The van der Waals surface area contributed by atoms with Crippen molar-refractivity contribution in [2.75, 3.05) is 0 Å². The number of aromatic nitrogens is 4. The second-order valence-electron chi connectivity index (χ2n) is 5.90. The van der Waals surface area contributed by atoms with Gasteiger partial charge in [0.1, 0.15) is 11.6 Å². The number of fused-ring (bicyclic) bond motifs is 6. The highest BCUT2D eigenvalue weighted by Crippen LogP contribution is 2.38. The Hall–Kier alpha value is -2.51. The smallest absolute Gasteiger partial charge is 0.143 e. The second kappa shape index (κ2) is 5.75. The van der Waals surface area contributed by atoms with Crippen molar-refractivity contribution in [3.63, 3.8) is 0 Å². The third kappa shape index (κ3) is 2.24. The first-order valence-corrected chi connectivity index (χ1v) is 9.41. The van der Waals surface area contributed by atoms with Gasteiger partial charge in [-0.1, -0.05) is 0 Å². The fraction of sp³-hybridized carbons (Fsp3) is 0. The van der Waals surface area contributed by atoms with Crippen molar-refractivity contribution in [3.05, 3.63) is 57.7 Å². The molecule has 5 nitrogen and oxygen atoms in total. The number of halogens is 2. The van der Waals surface area contributed by atoms with Gasteiger partial charge in [-0.2, -0.15) is 0 Å². The normalized spacial score (nSPS) is 11.6. The molecule has 0 fully saturated rings. The van der Waals surface area contributed by atoms with E-state index in [1.165, 1.54) is 0 Å². The molecule has 0 bridgehead atoms. The molecule has 0 amide bonds. The lowest BCUT2D eigenvalue weighted by Gasteiger charge is -2.03. The molecule has 0 aliphatic rings. The van der Waals surface area contributed by atoms with E-state index in [-0.39, 0.29) is 5.75 Å². The summed E-state index contributed by atoms with van der Waals surface area (Å²) in [5.41, 5.74) is 4.31. The molecule has 26 heavy (non-hydrogen) atoms.